The van der Waals surface area contributed by atoms with Crippen molar-refractivity contribution in [3.63, 3.8) is 0 Å². The van der Waals surface area contributed by atoms with Crippen molar-refractivity contribution in [2.24, 2.45) is 0 Å². The predicted octanol–water partition coefficient (Wildman–Crippen LogP) is 0.938. The number of ether oxygens (including phenoxy) is 2. The van der Waals surface area contributed by atoms with Crippen molar-refractivity contribution in [3.05, 3.63) is 71.8 Å². The van der Waals surface area contributed by atoms with Crippen molar-refractivity contribution >= 4 is 0 Å². The van der Waals surface area contributed by atoms with Crippen molar-refractivity contribution in [3.8, 4) is 0 Å². The Hall–Kier alpha value is -1.80. The Labute approximate surface area is 164 Å². The summed E-state index contributed by atoms with van der Waals surface area (Å²) in [5.41, 5.74) is 2.06. The molecule has 0 saturated carbocycles. The number of hydrogen-bond donors (Lipinski definition) is 3. The molecule has 3 N–H and O–H groups in total. The second-order valence-electron chi connectivity index (χ2n) is 7.52. The molecule has 6 atom stereocenters. The van der Waals surface area contributed by atoms with Gasteiger partial charge in [-0.15, -0.1) is 0 Å². The summed E-state index contributed by atoms with van der Waals surface area (Å²) in [6.45, 7) is 0.947. The van der Waals surface area contributed by atoms with E-state index in [4.69, 9.17) is 9.47 Å². The SMILES string of the molecule is OC[C@H]1[C@@H](OCc2ccccc2)[C@H](OCc2ccccc2)[C@H]2[C@@H](O)[C@H](O)CN21. The Kier molecular flexibility index (Phi) is 6.06. The van der Waals surface area contributed by atoms with E-state index in [2.05, 4.69) is 0 Å². The van der Waals surface area contributed by atoms with Gasteiger partial charge in [-0.2, -0.15) is 0 Å². The minimum Gasteiger partial charge on any atom is -0.395 e. The van der Waals surface area contributed by atoms with Crippen molar-refractivity contribution < 1.29 is 24.8 Å². The molecule has 2 fully saturated rings. The Morgan fingerprint density at radius 1 is 0.821 bits per heavy atom. The van der Waals surface area contributed by atoms with Crippen LogP contribution in [0.1, 0.15) is 11.1 Å². The molecule has 2 aliphatic rings. The second kappa shape index (κ2) is 8.69. The van der Waals surface area contributed by atoms with E-state index in [9.17, 15) is 15.3 Å². The van der Waals surface area contributed by atoms with Crippen molar-refractivity contribution in [2.75, 3.05) is 13.2 Å². The molecule has 0 radical (unpaired) electrons. The molecule has 0 aromatic heterocycles. The molecule has 4 rings (SSSR count). The van der Waals surface area contributed by atoms with Crippen LogP contribution in [0.5, 0.6) is 0 Å². The van der Waals surface area contributed by atoms with Gasteiger partial charge in [0.2, 0.25) is 0 Å². The fourth-order valence-electron chi connectivity index (χ4n) is 4.35. The molecule has 2 saturated heterocycles. The van der Waals surface area contributed by atoms with E-state index in [1.54, 1.807) is 0 Å². The minimum absolute atomic E-state index is 0.124. The summed E-state index contributed by atoms with van der Waals surface area (Å²) in [6.07, 6.45) is -2.63. The van der Waals surface area contributed by atoms with Gasteiger partial charge in [0.05, 0.1) is 44.1 Å². The highest BCUT2D eigenvalue weighted by Crippen LogP contribution is 2.37. The lowest BCUT2D eigenvalue weighted by Crippen LogP contribution is -2.44. The molecule has 0 spiro atoms. The zero-order valence-corrected chi connectivity index (χ0v) is 15.7. The maximum atomic E-state index is 10.5. The average molecular weight is 385 g/mol. The summed E-state index contributed by atoms with van der Waals surface area (Å²) in [5, 5.41) is 30.7. The van der Waals surface area contributed by atoms with Gasteiger partial charge in [0.25, 0.3) is 0 Å². The number of benzene rings is 2. The van der Waals surface area contributed by atoms with Gasteiger partial charge < -0.3 is 24.8 Å². The first-order valence-corrected chi connectivity index (χ1v) is 9.73. The van der Waals surface area contributed by atoms with Crippen LogP contribution in [-0.4, -0.2) is 69.9 Å². The monoisotopic (exact) mass is 385 g/mol. The van der Waals surface area contributed by atoms with E-state index in [1.807, 2.05) is 65.6 Å². The quantitative estimate of drug-likeness (QED) is 0.658. The molecule has 2 aliphatic heterocycles. The molecular weight excluding hydrogens is 358 g/mol. The molecule has 6 heteroatoms. The average Bonchev–Trinajstić information content (AvgIpc) is 3.19. The molecule has 2 heterocycles. The lowest BCUT2D eigenvalue weighted by Gasteiger charge is -2.28. The van der Waals surface area contributed by atoms with Gasteiger partial charge in [0.15, 0.2) is 0 Å². The summed E-state index contributed by atoms with van der Waals surface area (Å²) < 4.78 is 12.4. The normalized spacial score (nSPS) is 32.5. The topological polar surface area (TPSA) is 82.4 Å². The number of aliphatic hydroxyl groups is 3. The van der Waals surface area contributed by atoms with Crippen LogP contribution < -0.4 is 0 Å². The molecule has 2 aromatic carbocycles. The van der Waals surface area contributed by atoms with Gasteiger partial charge in [-0.05, 0) is 11.1 Å². The molecular formula is C22H27NO5. The number of aliphatic hydroxyl groups excluding tert-OH is 3. The van der Waals surface area contributed by atoms with Crippen molar-refractivity contribution in [1.82, 2.24) is 4.90 Å². The lowest BCUT2D eigenvalue weighted by molar-refractivity contribution is -0.0993. The van der Waals surface area contributed by atoms with Gasteiger partial charge in [-0.25, -0.2) is 0 Å². The van der Waals surface area contributed by atoms with Crippen LogP contribution in [0.25, 0.3) is 0 Å². The standard InChI is InChI=1S/C22H27NO5/c24-12-17-21(27-13-15-7-3-1-4-8-15)22(19-20(26)18(25)11-23(17)19)28-14-16-9-5-2-6-10-16/h1-10,17-22,24-26H,11-14H2/t17-,18+,19+,20-,21+,22+/m0/s1. The van der Waals surface area contributed by atoms with Crippen LogP contribution >= 0.6 is 0 Å². The summed E-state index contributed by atoms with van der Waals surface area (Å²) >= 11 is 0. The van der Waals surface area contributed by atoms with Crippen LogP contribution in [0.2, 0.25) is 0 Å². The van der Waals surface area contributed by atoms with E-state index < -0.39 is 30.5 Å². The Morgan fingerprint density at radius 3 is 1.89 bits per heavy atom. The van der Waals surface area contributed by atoms with Crippen molar-refractivity contribution in [1.29, 1.82) is 0 Å². The molecule has 28 heavy (non-hydrogen) atoms. The van der Waals surface area contributed by atoms with Gasteiger partial charge in [-0.1, -0.05) is 60.7 Å². The third kappa shape index (κ3) is 3.85. The third-order valence-electron chi connectivity index (χ3n) is 5.75. The van der Waals surface area contributed by atoms with Crippen LogP contribution in [0.15, 0.2) is 60.7 Å². The number of hydrogen-bond acceptors (Lipinski definition) is 6. The highest BCUT2D eigenvalue weighted by molar-refractivity contribution is 5.16. The van der Waals surface area contributed by atoms with E-state index in [0.29, 0.717) is 19.8 Å². The number of fused-ring (bicyclic) bond motifs is 1. The van der Waals surface area contributed by atoms with Crippen molar-refractivity contribution in [2.45, 2.75) is 49.7 Å². The highest BCUT2D eigenvalue weighted by Gasteiger charge is 2.58. The first-order valence-electron chi connectivity index (χ1n) is 9.73. The smallest absolute Gasteiger partial charge is 0.104 e. The molecule has 2 aromatic rings. The molecule has 150 valence electrons. The number of nitrogens with zero attached hydrogens (tertiary/aromatic N) is 1. The zero-order valence-electron chi connectivity index (χ0n) is 15.7. The van der Waals surface area contributed by atoms with Gasteiger partial charge in [0.1, 0.15) is 12.2 Å². The fraction of sp³-hybridized carbons (Fsp3) is 0.455. The van der Waals surface area contributed by atoms with Crippen LogP contribution in [-0.2, 0) is 22.7 Å². The highest BCUT2D eigenvalue weighted by atomic mass is 16.5. The lowest BCUT2D eigenvalue weighted by atomic mass is 10.0. The summed E-state index contributed by atoms with van der Waals surface area (Å²) in [4.78, 5) is 1.93. The molecule has 0 amide bonds. The molecule has 0 bridgehead atoms. The Bertz CT molecular complexity index is 743. The first kappa shape index (κ1) is 19.5. The minimum atomic E-state index is -0.930. The van der Waals surface area contributed by atoms with E-state index in [0.717, 1.165) is 11.1 Å². The van der Waals surface area contributed by atoms with E-state index >= 15 is 0 Å². The van der Waals surface area contributed by atoms with E-state index in [-0.39, 0.29) is 12.6 Å². The van der Waals surface area contributed by atoms with Gasteiger partial charge >= 0.3 is 0 Å². The van der Waals surface area contributed by atoms with E-state index in [1.165, 1.54) is 0 Å². The first-order chi connectivity index (χ1) is 13.7. The zero-order chi connectivity index (χ0) is 19.5. The number of rotatable bonds is 7. The Balaban J connectivity index is 1.53. The van der Waals surface area contributed by atoms with Gasteiger partial charge in [-0.3, -0.25) is 4.90 Å². The van der Waals surface area contributed by atoms with Crippen LogP contribution in [0, 0.1) is 0 Å². The fourth-order valence-corrected chi connectivity index (χ4v) is 4.35. The van der Waals surface area contributed by atoms with Crippen LogP contribution in [0.4, 0.5) is 0 Å². The third-order valence-corrected chi connectivity index (χ3v) is 5.75. The summed E-state index contributed by atoms with van der Waals surface area (Å²) in [6, 6.07) is 18.9. The molecule has 0 aliphatic carbocycles. The largest absolute Gasteiger partial charge is 0.395 e. The second-order valence-corrected chi connectivity index (χ2v) is 7.52. The summed E-state index contributed by atoms with van der Waals surface area (Å²) in [7, 11) is 0. The van der Waals surface area contributed by atoms with Gasteiger partial charge in [0, 0.05) is 6.54 Å². The molecule has 6 nitrogen and oxygen atoms in total. The molecule has 0 unspecified atom stereocenters. The summed E-state index contributed by atoms with van der Waals surface area (Å²) in [5.74, 6) is 0. The maximum Gasteiger partial charge on any atom is 0.104 e. The van der Waals surface area contributed by atoms with Crippen LogP contribution in [0.3, 0.4) is 0 Å². The Morgan fingerprint density at radius 2 is 1.36 bits per heavy atom. The maximum absolute atomic E-state index is 10.5. The predicted molar refractivity (Wildman–Crippen MR) is 103 cm³/mol.